The summed E-state index contributed by atoms with van der Waals surface area (Å²) in [5, 5.41) is 0. The van der Waals surface area contributed by atoms with Crippen LogP contribution in [0.5, 0.6) is 0 Å². The van der Waals surface area contributed by atoms with E-state index in [1.807, 2.05) is 39.7 Å². The zero-order valence-electron chi connectivity index (χ0n) is 14.6. The van der Waals surface area contributed by atoms with Crippen molar-refractivity contribution < 1.29 is 9.59 Å². The van der Waals surface area contributed by atoms with Crippen LogP contribution in [0.4, 0.5) is 0 Å². The molecule has 1 aromatic rings. The Bertz CT molecular complexity index is 567. The molecule has 3 heterocycles. The van der Waals surface area contributed by atoms with Crippen molar-refractivity contribution in [3.8, 4) is 0 Å². The van der Waals surface area contributed by atoms with Gasteiger partial charge in [-0.1, -0.05) is 12.8 Å². The number of piperazine rings is 1. The molecule has 2 aliphatic rings. The Balaban J connectivity index is 1.47. The van der Waals surface area contributed by atoms with Crippen LogP contribution in [-0.2, 0) is 11.8 Å². The number of hydrogen-bond donors (Lipinski definition) is 0. The molecule has 6 heteroatoms. The molecule has 0 aliphatic carbocycles. The fraction of sp³-hybridized carbons (Fsp3) is 0.667. The first kappa shape index (κ1) is 17.0. The second kappa shape index (κ2) is 7.83. The molecule has 0 atom stereocenters. The molecular formula is C18H28N4O2. The number of amides is 2. The lowest BCUT2D eigenvalue weighted by Crippen LogP contribution is -2.51. The molecule has 0 spiro atoms. The van der Waals surface area contributed by atoms with Crippen molar-refractivity contribution in [3.63, 3.8) is 0 Å². The molecule has 0 radical (unpaired) electrons. The average Bonchev–Trinajstić information content (AvgIpc) is 2.85. The number of aryl methyl sites for hydroxylation is 1. The molecule has 2 amide bonds. The summed E-state index contributed by atoms with van der Waals surface area (Å²) in [5.74, 6) is 0.333. The average molecular weight is 332 g/mol. The lowest BCUT2D eigenvalue weighted by Gasteiger charge is -2.35. The van der Waals surface area contributed by atoms with Gasteiger partial charge < -0.3 is 14.4 Å². The molecule has 0 unspecified atom stereocenters. The molecule has 2 fully saturated rings. The number of hydrogen-bond acceptors (Lipinski definition) is 3. The van der Waals surface area contributed by atoms with Crippen LogP contribution >= 0.6 is 0 Å². The van der Waals surface area contributed by atoms with Crippen molar-refractivity contribution in [2.75, 3.05) is 45.8 Å². The molecule has 24 heavy (non-hydrogen) atoms. The van der Waals surface area contributed by atoms with E-state index in [2.05, 4.69) is 4.90 Å². The van der Waals surface area contributed by atoms with Crippen molar-refractivity contribution in [3.05, 3.63) is 24.0 Å². The zero-order chi connectivity index (χ0) is 16.9. The minimum absolute atomic E-state index is 0.0843. The highest BCUT2D eigenvalue weighted by atomic mass is 16.2. The van der Waals surface area contributed by atoms with Crippen LogP contribution in [0, 0.1) is 0 Å². The fourth-order valence-corrected chi connectivity index (χ4v) is 3.57. The SMILES string of the molecule is Cn1cccc1C(=O)N1CCN(CC(=O)N2CCCCCC2)CC1. The van der Waals surface area contributed by atoms with Gasteiger partial charge in [0.05, 0.1) is 6.54 Å². The van der Waals surface area contributed by atoms with Crippen molar-refractivity contribution in [1.82, 2.24) is 19.3 Å². The maximum Gasteiger partial charge on any atom is 0.270 e. The Morgan fingerprint density at radius 3 is 2.17 bits per heavy atom. The van der Waals surface area contributed by atoms with Crippen LogP contribution in [-0.4, -0.2) is 76.9 Å². The predicted octanol–water partition coefficient (Wildman–Crippen LogP) is 1.19. The highest BCUT2D eigenvalue weighted by Crippen LogP contribution is 2.12. The first-order valence-electron chi connectivity index (χ1n) is 9.06. The first-order chi connectivity index (χ1) is 11.6. The summed E-state index contributed by atoms with van der Waals surface area (Å²) in [6.45, 7) is 5.24. The summed E-state index contributed by atoms with van der Waals surface area (Å²) in [7, 11) is 1.89. The number of rotatable bonds is 3. The van der Waals surface area contributed by atoms with E-state index in [0.29, 0.717) is 19.6 Å². The van der Waals surface area contributed by atoms with Crippen LogP contribution in [0.3, 0.4) is 0 Å². The number of nitrogens with zero attached hydrogens (tertiary/aromatic N) is 4. The molecule has 0 aromatic carbocycles. The van der Waals surface area contributed by atoms with Crippen LogP contribution in [0.2, 0.25) is 0 Å². The van der Waals surface area contributed by atoms with E-state index in [1.165, 1.54) is 12.8 Å². The van der Waals surface area contributed by atoms with Gasteiger partial charge in [0, 0.05) is 52.5 Å². The number of aromatic nitrogens is 1. The van der Waals surface area contributed by atoms with Gasteiger partial charge in [-0.15, -0.1) is 0 Å². The summed E-state index contributed by atoms with van der Waals surface area (Å²) in [6, 6.07) is 3.75. The largest absolute Gasteiger partial charge is 0.347 e. The minimum atomic E-state index is 0.0843. The molecule has 2 aliphatic heterocycles. The summed E-state index contributed by atoms with van der Waals surface area (Å²) in [6.07, 6.45) is 6.63. The van der Waals surface area contributed by atoms with Crippen LogP contribution in [0.15, 0.2) is 18.3 Å². The van der Waals surface area contributed by atoms with Crippen molar-refractivity contribution >= 4 is 11.8 Å². The molecular weight excluding hydrogens is 304 g/mol. The Morgan fingerprint density at radius 2 is 1.58 bits per heavy atom. The minimum Gasteiger partial charge on any atom is -0.347 e. The van der Waals surface area contributed by atoms with Crippen molar-refractivity contribution in [2.24, 2.45) is 7.05 Å². The number of carbonyl (C=O) groups is 2. The molecule has 2 saturated heterocycles. The van der Waals surface area contributed by atoms with E-state index in [1.54, 1.807) is 0 Å². The maximum atomic E-state index is 12.5. The van der Waals surface area contributed by atoms with Crippen LogP contribution in [0.25, 0.3) is 0 Å². The van der Waals surface area contributed by atoms with E-state index in [9.17, 15) is 9.59 Å². The van der Waals surface area contributed by atoms with Gasteiger partial charge in [0.2, 0.25) is 5.91 Å². The Morgan fingerprint density at radius 1 is 0.917 bits per heavy atom. The summed E-state index contributed by atoms with van der Waals surface area (Å²) in [4.78, 5) is 31.1. The highest BCUT2D eigenvalue weighted by Gasteiger charge is 2.25. The van der Waals surface area contributed by atoms with Gasteiger partial charge in [-0.25, -0.2) is 0 Å². The number of likely N-dealkylation sites (tertiary alicyclic amines) is 1. The summed E-state index contributed by atoms with van der Waals surface area (Å²) in [5.41, 5.74) is 0.726. The van der Waals surface area contributed by atoms with Crippen LogP contribution in [0.1, 0.15) is 36.2 Å². The third-order valence-electron chi connectivity index (χ3n) is 5.14. The van der Waals surface area contributed by atoms with E-state index >= 15 is 0 Å². The van der Waals surface area contributed by atoms with Crippen LogP contribution < -0.4 is 0 Å². The van der Waals surface area contributed by atoms with E-state index in [4.69, 9.17) is 0 Å². The van der Waals surface area contributed by atoms with Gasteiger partial charge in [-0.05, 0) is 25.0 Å². The Hall–Kier alpha value is -1.82. The molecule has 132 valence electrons. The third-order valence-corrected chi connectivity index (χ3v) is 5.14. The topological polar surface area (TPSA) is 48.8 Å². The van der Waals surface area contributed by atoms with Gasteiger partial charge >= 0.3 is 0 Å². The van der Waals surface area contributed by atoms with Gasteiger partial charge in [0.15, 0.2) is 0 Å². The van der Waals surface area contributed by atoms with Gasteiger partial charge in [0.1, 0.15) is 5.69 Å². The highest BCUT2D eigenvalue weighted by molar-refractivity contribution is 5.92. The Kier molecular flexibility index (Phi) is 5.56. The molecule has 6 nitrogen and oxygen atoms in total. The van der Waals surface area contributed by atoms with E-state index < -0.39 is 0 Å². The molecule has 0 saturated carbocycles. The zero-order valence-corrected chi connectivity index (χ0v) is 14.6. The second-order valence-corrected chi connectivity index (χ2v) is 6.87. The Labute approximate surface area is 144 Å². The maximum absolute atomic E-state index is 12.5. The second-order valence-electron chi connectivity index (χ2n) is 6.87. The number of carbonyl (C=O) groups excluding carboxylic acids is 2. The smallest absolute Gasteiger partial charge is 0.270 e. The molecule has 0 N–H and O–H groups in total. The third kappa shape index (κ3) is 3.98. The molecule has 1 aromatic heterocycles. The fourth-order valence-electron chi connectivity index (χ4n) is 3.57. The van der Waals surface area contributed by atoms with Crippen molar-refractivity contribution in [1.29, 1.82) is 0 Å². The predicted molar refractivity (Wildman–Crippen MR) is 92.8 cm³/mol. The lowest BCUT2D eigenvalue weighted by atomic mass is 10.2. The monoisotopic (exact) mass is 332 g/mol. The quantitative estimate of drug-likeness (QED) is 0.835. The standard InChI is InChI=1S/C18H28N4O2/c1-19-8-6-7-16(19)18(24)22-13-11-20(12-14-22)15-17(23)21-9-4-2-3-5-10-21/h6-8H,2-5,9-15H2,1H3. The first-order valence-corrected chi connectivity index (χ1v) is 9.06. The van der Waals surface area contributed by atoms with Gasteiger partial charge in [-0.3, -0.25) is 14.5 Å². The van der Waals surface area contributed by atoms with E-state index in [-0.39, 0.29) is 11.8 Å². The molecule has 0 bridgehead atoms. The van der Waals surface area contributed by atoms with Crippen molar-refractivity contribution in [2.45, 2.75) is 25.7 Å². The lowest BCUT2D eigenvalue weighted by molar-refractivity contribution is -0.132. The summed E-state index contributed by atoms with van der Waals surface area (Å²) >= 11 is 0. The molecule has 3 rings (SSSR count). The normalized spacial score (nSPS) is 20.0. The summed E-state index contributed by atoms with van der Waals surface area (Å²) < 4.78 is 1.86. The van der Waals surface area contributed by atoms with E-state index in [0.717, 1.165) is 44.7 Å². The van der Waals surface area contributed by atoms with Gasteiger partial charge in [0.25, 0.3) is 5.91 Å². The van der Waals surface area contributed by atoms with Gasteiger partial charge in [-0.2, -0.15) is 0 Å².